The maximum absolute atomic E-state index is 6.94. The van der Waals surface area contributed by atoms with Crippen molar-refractivity contribution in [1.82, 2.24) is 5.32 Å². The molecule has 0 aromatic heterocycles. The maximum atomic E-state index is 6.94. The van der Waals surface area contributed by atoms with E-state index < -0.39 is 0 Å². The van der Waals surface area contributed by atoms with Gasteiger partial charge >= 0.3 is 0 Å². The average Bonchev–Trinajstić information content (AvgIpc) is 1.86. The molecule has 1 saturated heterocycles. The minimum absolute atomic E-state index is 0. The van der Waals surface area contributed by atoms with Crippen LogP contribution in [0.25, 0.3) is 0 Å². The van der Waals surface area contributed by atoms with Crippen LogP contribution in [0.2, 0.25) is 0 Å². The van der Waals surface area contributed by atoms with Gasteiger partial charge in [-0.05, 0) is 6.42 Å². The topological polar surface area (TPSA) is 35.9 Å². The minimum Gasteiger partial charge on any atom is -0.374 e. The molecular formula is C4H9ClN2. The molecule has 0 radical (unpaired) electrons. The SMILES string of the molecule is Cl.N=C1CCCN1. The van der Waals surface area contributed by atoms with Crippen LogP contribution in [-0.2, 0) is 0 Å². The van der Waals surface area contributed by atoms with Gasteiger partial charge < -0.3 is 5.32 Å². The first-order chi connectivity index (χ1) is 2.89. The molecule has 2 nitrogen and oxygen atoms in total. The van der Waals surface area contributed by atoms with Crippen molar-refractivity contribution < 1.29 is 0 Å². The Bertz CT molecular complexity index is 64.1. The minimum atomic E-state index is 0. The Balaban J connectivity index is 0.000000360. The van der Waals surface area contributed by atoms with E-state index in [0.29, 0.717) is 5.84 Å². The van der Waals surface area contributed by atoms with Crippen LogP contribution in [0.15, 0.2) is 0 Å². The summed E-state index contributed by atoms with van der Waals surface area (Å²) >= 11 is 0. The Hall–Kier alpha value is -0.240. The van der Waals surface area contributed by atoms with Gasteiger partial charge in [0, 0.05) is 13.0 Å². The van der Waals surface area contributed by atoms with E-state index in [1.54, 1.807) is 0 Å². The summed E-state index contributed by atoms with van der Waals surface area (Å²) in [5, 5.41) is 9.84. The summed E-state index contributed by atoms with van der Waals surface area (Å²) < 4.78 is 0. The summed E-state index contributed by atoms with van der Waals surface area (Å²) in [6, 6.07) is 0. The van der Waals surface area contributed by atoms with Gasteiger partial charge in [0.1, 0.15) is 0 Å². The van der Waals surface area contributed by atoms with Crippen molar-refractivity contribution in [2.75, 3.05) is 6.54 Å². The molecule has 3 heteroatoms. The highest BCUT2D eigenvalue weighted by Crippen LogP contribution is 1.93. The van der Waals surface area contributed by atoms with Gasteiger partial charge in [-0.2, -0.15) is 0 Å². The lowest BCUT2D eigenvalue weighted by Crippen LogP contribution is -2.11. The Labute approximate surface area is 49.2 Å². The fraction of sp³-hybridized carbons (Fsp3) is 0.750. The van der Waals surface area contributed by atoms with Gasteiger partial charge in [-0.25, -0.2) is 0 Å². The van der Waals surface area contributed by atoms with Crippen LogP contribution in [0.4, 0.5) is 0 Å². The zero-order valence-corrected chi connectivity index (χ0v) is 4.85. The number of rotatable bonds is 0. The number of halogens is 1. The quantitative estimate of drug-likeness (QED) is 0.487. The molecule has 0 aromatic carbocycles. The maximum Gasteiger partial charge on any atom is 0.0932 e. The number of hydrogen-bond donors (Lipinski definition) is 2. The van der Waals surface area contributed by atoms with Gasteiger partial charge in [0.15, 0.2) is 0 Å². The standard InChI is InChI=1S/C4H8N2.ClH/c5-4-2-1-3-6-4;/h1-3H2,(H2,5,6);1H. The van der Waals surface area contributed by atoms with E-state index in [-0.39, 0.29) is 12.4 Å². The van der Waals surface area contributed by atoms with E-state index in [0.717, 1.165) is 19.4 Å². The lowest BCUT2D eigenvalue weighted by molar-refractivity contribution is 0.912. The van der Waals surface area contributed by atoms with Gasteiger partial charge in [-0.1, -0.05) is 0 Å². The van der Waals surface area contributed by atoms with Crippen LogP contribution in [0.5, 0.6) is 0 Å². The summed E-state index contributed by atoms with van der Waals surface area (Å²) in [4.78, 5) is 0. The van der Waals surface area contributed by atoms with Gasteiger partial charge in [-0.3, -0.25) is 5.41 Å². The highest BCUT2D eigenvalue weighted by molar-refractivity contribution is 5.85. The van der Waals surface area contributed by atoms with Crippen LogP contribution in [0, 0.1) is 5.41 Å². The lowest BCUT2D eigenvalue weighted by Gasteiger charge is -1.84. The second-order valence-electron chi connectivity index (χ2n) is 1.51. The summed E-state index contributed by atoms with van der Waals surface area (Å²) in [5.74, 6) is 0.704. The molecule has 0 spiro atoms. The van der Waals surface area contributed by atoms with Crippen molar-refractivity contribution in [2.24, 2.45) is 0 Å². The Morgan fingerprint density at radius 2 is 2.29 bits per heavy atom. The Kier molecular flexibility index (Phi) is 2.76. The zero-order chi connectivity index (χ0) is 4.41. The molecule has 0 aliphatic carbocycles. The number of hydrogen-bond acceptors (Lipinski definition) is 1. The van der Waals surface area contributed by atoms with E-state index in [2.05, 4.69) is 5.32 Å². The molecule has 1 aliphatic rings. The second-order valence-corrected chi connectivity index (χ2v) is 1.51. The van der Waals surface area contributed by atoms with Crippen molar-refractivity contribution in [2.45, 2.75) is 12.8 Å². The monoisotopic (exact) mass is 120 g/mol. The molecule has 0 saturated carbocycles. The molecule has 0 bridgehead atoms. The van der Waals surface area contributed by atoms with Crippen LogP contribution in [0.3, 0.4) is 0 Å². The molecule has 1 heterocycles. The van der Waals surface area contributed by atoms with E-state index in [1.807, 2.05) is 0 Å². The van der Waals surface area contributed by atoms with Crippen molar-refractivity contribution in [3.63, 3.8) is 0 Å². The molecule has 1 fully saturated rings. The lowest BCUT2D eigenvalue weighted by atomic mass is 10.4. The molecule has 0 amide bonds. The normalized spacial score (nSPS) is 18.0. The van der Waals surface area contributed by atoms with Gasteiger partial charge in [-0.15, -0.1) is 12.4 Å². The molecule has 1 rings (SSSR count). The van der Waals surface area contributed by atoms with Crippen LogP contribution >= 0.6 is 12.4 Å². The molecule has 1 aliphatic heterocycles. The van der Waals surface area contributed by atoms with E-state index >= 15 is 0 Å². The van der Waals surface area contributed by atoms with E-state index in [9.17, 15) is 0 Å². The highest BCUT2D eigenvalue weighted by atomic mass is 35.5. The van der Waals surface area contributed by atoms with Crippen molar-refractivity contribution >= 4 is 18.2 Å². The second kappa shape index (κ2) is 2.86. The third kappa shape index (κ3) is 1.78. The molecule has 7 heavy (non-hydrogen) atoms. The summed E-state index contributed by atoms with van der Waals surface area (Å²) in [5.41, 5.74) is 0. The Morgan fingerprint density at radius 1 is 1.57 bits per heavy atom. The fourth-order valence-electron chi connectivity index (χ4n) is 0.593. The molecule has 0 aromatic rings. The number of amidine groups is 1. The van der Waals surface area contributed by atoms with E-state index in [4.69, 9.17) is 5.41 Å². The van der Waals surface area contributed by atoms with Crippen LogP contribution in [-0.4, -0.2) is 12.4 Å². The average molecular weight is 121 g/mol. The van der Waals surface area contributed by atoms with Crippen molar-refractivity contribution in [3.05, 3.63) is 0 Å². The molecule has 42 valence electrons. The molecular weight excluding hydrogens is 112 g/mol. The third-order valence-electron chi connectivity index (χ3n) is 0.942. The summed E-state index contributed by atoms with van der Waals surface area (Å²) in [6.07, 6.45) is 2.11. The Morgan fingerprint density at radius 3 is 2.43 bits per heavy atom. The zero-order valence-electron chi connectivity index (χ0n) is 4.03. The van der Waals surface area contributed by atoms with E-state index in [1.165, 1.54) is 0 Å². The molecule has 0 unspecified atom stereocenters. The first-order valence-electron chi connectivity index (χ1n) is 2.21. The first kappa shape index (κ1) is 6.76. The van der Waals surface area contributed by atoms with Crippen LogP contribution in [0.1, 0.15) is 12.8 Å². The fourth-order valence-corrected chi connectivity index (χ4v) is 0.593. The molecule has 2 N–H and O–H groups in total. The van der Waals surface area contributed by atoms with Crippen LogP contribution < -0.4 is 5.32 Å². The predicted octanol–water partition coefficient (Wildman–Crippen LogP) is 0.769. The largest absolute Gasteiger partial charge is 0.374 e. The summed E-state index contributed by atoms with van der Waals surface area (Å²) in [6.45, 7) is 1.01. The van der Waals surface area contributed by atoms with Gasteiger partial charge in [0.25, 0.3) is 0 Å². The highest BCUT2D eigenvalue weighted by Gasteiger charge is 2.01. The molecule has 0 atom stereocenters. The van der Waals surface area contributed by atoms with Crippen molar-refractivity contribution in [3.8, 4) is 0 Å². The first-order valence-corrected chi connectivity index (χ1v) is 2.21. The van der Waals surface area contributed by atoms with Crippen molar-refractivity contribution in [1.29, 1.82) is 5.41 Å². The third-order valence-corrected chi connectivity index (χ3v) is 0.942. The van der Waals surface area contributed by atoms with Gasteiger partial charge in [0.05, 0.1) is 5.84 Å². The number of nitrogens with one attached hydrogen (secondary N) is 2. The summed E-state index contributed by atoms with van der Waals surface area (Å²) in [7, 11) is 0. The smallest absolute Gasteiger partial charge is 0.0932 e. The van der Waals surface area contributed by atoms with Gasteiger partial charge in [0.2, 0.25) is 0 Å². The predicted molar refractivity (Wildman–Crippen MR) is 32.2 cm³/mol.